The summed E-state index contributed by atoms with van der Waals surface area (Å²) in [4.78, 5) is 14.9. The van der Waals surface area contributed by atoms with Gasteiger partial charge in [-0.25, -0.2) is 5.43 Å². The number of benzene rings is 1. The third-order valence-corrected chi connectivity index (χ3v) is 5.11. The molecule has 0 radical (unpaired) electrons. The molecule has 2 aromatic rings. The molecule has 1 saturated heterocycles. The third kappa shape index (κ3) is 5.28. The molecule has 1 aliphatic rings. The summed E-state index contributed by atoms with van der Waals surface area (Å²) >= 11 is 4.49. The number of anilines is 2. The van der Waals surface area contributed by atoms with Gasteiger partial charge in [0.25, 0.3) is 5.95 Å². The normalized spacial score (nSPS) is 14.4. The van der Waals surface area contributed by atoms with Gasteiger partial charge in [0.2, 0.25) is 5.95 Å². The summed E-state index contributed by atoms with van der Waals surface area (Å²) in [6.07, 6.45) is 1.67. The van der Waals surface area contributed by atoms with E-state index in [9.17, 15) is 0 Å². The summed E-state index contributed by atoms with van der Waals surface area (Å²) < 4.78 is 18.1. The highest BCUT2D eigenvalue weighted by molar-refractivity contribution is 14.1. The van der Waals surface area contributed by atoms with E-state index in [0.29, 0.717) is 38.2 Å². The lowest BCUT2D eigenvalue weighted by atomic mass is 10.2. The second-order valence-corrected chi connectivity index (χ2v) is 7.83. The second kappa shape index (κ2) is 9.64. The topological polar surface area (TPSA) is 94.0 Å². The highest BCUT2D eigenvalue weighted by Crippen LogP contribution is 2.27. The Hall–Kier alpha value is -1.48. The maximum Gasteiger partial charge on any atom is 0.322 e. The highest BCUT2D eigenvalue weighted by Gasteiger charge is 2.16. The van der Waals surface area contributed by atoms with Gasteiger partial charge in [-0.2, -0.15) is 20.1 Å². The van der Waals surface area contributed by atoms with E-state index in [1.165, 1.54) is 7.11 Å². The number of methoxy groups -OCH3 is 2. The molecule has 27 heavy (non-hydrogen) atoms. The van der Waals surface area contributed by atoms with Gasteiger partial charge in [-0.1, -0.05) is 0 Å². The van der Waals surface area contributed by atoms with Crippen LogP contribution in [0.3, 0.4) is 0 Å². The minimum atomic E-state index is 0.227. The average Bonchev–Trinajstić information content (AvgIpc) is 2.68. The molecule has 0 unspecified atom stereocenters. The summed E-state index contributed by atoms with van der Waals surface area (Å²) in [6.45, 7) is 2.71. The van der Waals surface area contributed by atoms with Crippen molar-refractivity contribution in [2.75, 3.05) is 50.8 Å². The number of hydrogen-bond donors (Lipinski definition) is 1. The number of hydrogen-bond acceptors (Lipinski definition) is 9. The van der Waals surface area contributed by atoms with Crippen LogP contribution in [0.25, 0.3) is 0 Å². The molecule has 0 amide bonds. The Morgan fingerprint density at radius 3 is 2.63 bits per heavy atom. The Kier molecular flexibility index (Phi) is 7.23. The molecule has 9 nitrogen and oxygen atoms in total. The van der Waals surface area contributed by atoms with E-state index >= 15 is 0 Å². The van der Waals surface area contributed by atoms with E-state index in [4.69, 9.17) is 14.2 Å². The van der Waals surface area contributed by atoms with E-state index < -0.39 is 0 Å². The van der Waals surface area contributed by atoms with Crippen molar-refractivity contribution >= 4 is 63.3 Å². The highest BCUT2D eigenvalue weighted by atomic mass is 127. The van der Waals surface area contributed by atoms with Crippen LogP contribution >= 0.6 is 45.2 Å². The molecule has 1 N–H and O–H groups in total. The summed E-state index contributed by atoms with van der Waals surface area (Å²) in [5, 5.41) is 4.25. The Labute approximate surface area is 184 Å². The van der Waals surface area contributed by atoms with Crippen LogP contribution in [0, 0.1) is 7.14 Å². The van der Waals surface area contributed by atoms with Crippen molar-refractivity contribution in [3.05, 3.63) is 24.8 Å². The molecule has 0 bridgehead atoms. The summed E-state index contributed by atoms with van der Waals surface area (Å²) in [7, 11) is 3.16. The van der Waals surface area contributed by atoms with Crippen LogP contribution in [0.15, 0.2) is 17.2 Å². The smallest absolute Gasteiger partial charge is 0.322 e. The number of hydrazone groups is 1. The number of ether oxygens (including phenoxy) is 3. The fourth-order valence-electron chi connectivity index (χ4n) is 2.44. The molecule has 144 valence electrons. The number of nitrogens with zero attached hydrogens (tertiary/aromatic N) is 5. The molecule has 11 heteroatoms. The first kappa shape index (κ1) is 20.3. The van der Waals surface area contributed by atoms with Gasteiger partial charge in [0.15, 0.2) is 0 Å². The lowest BCUT2D eigenvalue weighted by molar-refractivity contribution is 0.122. The molecule has 0 atom stereocenters. The van der Waals surface area contributed by atoms with Gasteiger partial charge < -0.3 is 19.1 Å². The monoisotopic (exact) mass is 596 g/mol. The number of rotatable bonds is 6. The molecule has 1 aromatic heterocycles. The van der Waals surface area contributed by atoms with E-state index in [1.54, 1.807) is 13.3 Å². The van der Waals surface area contributed by atoms with Crippen LogP contribution in [0.4, 0.5) is 11.9 Å². The zero-order valence-electron chi connectivity index (χ0n) is 14.8. The molecule has 1 fully saturated rings. The van der Waals surface area contributed by atoms with Crippen LogP contribution in [-0.4, -0.2) is 61.7 Å². The van der Waals surface area contributed by atoms with Gasteiger partial charge in [0, 0.05) is 22.2 Å². The fourth-order valence-corrected chi connectivity index (χ4v) is 4.55. The number of aromatic nitrogens is 3. The minimum absolute atomic E-state index is 0.227. The molecule has 0 saturated carbocycles. The van der Waals surface area contributed by atoms with Gasteiger partial charge in [-0.05, 0) is 57.3 Å². The Morgan fingerprint density at radius 2 is 1.93 bits per heavy atom. The van der Waals surface area contributed by atoms with Crippen molar-refractivity contribution < 1.29 is 14.2 Å². The van der Waals surface area contributed by atoms with Crippen molar-refractivity contribution in [3.8, 4) is 11.8 Å². The van der Waals surface area contributed by atoms with Crippen LogP contribution in [0.2, 0.25) is 0 Å². The van der Waals surface area contributed by atoms with Crippen molar-refractivity contribution in [1.82, 2.24) is 15.0 Å². The quantitative estimate of drug-likeness (QED) is 0.309. The number of halogens is 2. The fraction of sp³-hybridized carbons (Fsp3) is 0.375. The molecule has 1 aliphatic heterocycles. The predicted molar refractivity (Wildman–Crippen MR) is 119 cm³/mol. The second-order valence-electron chi connectivity index (χ2n) is 5.43. The van der Waals surface area contributed by atoms with E-state index in [2.05, 4.69) is 70.7 Å². The SMILES string of the molecule is COc1nc(N/N=C/c2cc(I)cc(I)c2OC)nc(N2CCOCC2)n1. The van der Waals surface area contributed by atoms with Crippen LogP contribution in [0.1, 0.15) is 5.56 Å². The van der Waals surface area contributed by atoms with Gasteiger partial charge in [0.1, 0.15) is 5.75 Å². The van der Waals surface area contributed by atoms with Crippen LogP contribution < -0.4 is 19.8 Å². The van der Waals surface area contributed by atoms with E-state index in [1.807, 2.05) is 17.0 Å². The molecular formula is C16H18I2N6O3. The minimum Gasteiger partial charge on any atom is -0.495 e. The summed E-state index contributed by atoms with van der Waals surface area (Å²) in [6, 6.07) is 4.25. The first-order valence-electron chi connectivity index (χ1n) is 8.05. The number of nitrogens with one attached hydrogen (secondary N) is 1. The van der Waals surface area contributed by atoms with Crippen molar-refractivity contribution in [2.45, 2.75) is 0 Å². The zero-order valence-corrected chi connectivity index (χ0v) is 19.1. The Balaban J connectivity index is 1.80. The first-order chi connectivity index (χ1) is 13.1. The lowest BCUT2D eigenvalue weighted by Crippen LogP contribution is -2.37. The summed E-state index contributed by atoms with van der Waals surface area (Å²) in [5.74, 6) is 1.60. The van der Waals surface area contributed by atoms with Gasteiger partial charge >= 0.3 is 6.01 Å². The maximum atomic E-state index is 5.46. The van der Waals surface area contributed by atoms with Gasteiger partial charge in [-0.15, -0.1) is 0 Å². The van der Waals surface area contributed by atoms with Crippen LogP contribution in [-0.2, 0) is 4.74 Å². The molecular weight excluding hydrogens is 578 g/mol. The van der Waals surface area contributed by atoms with Crippen LogP contribution in [0.5, 0.6) is 11.8 Å². The molecule has 1 aromatic carbocycles. The third-order valence-electron chi connectivity index (χ3n) is 3.69. The van der Waals surface area contributed by atoms with Crippen molar-refractivity contribution in [3.63, 3.8) is 0 Å². The van der Waals surface area contributed by atoms with Crippen molar-refractivity contribution in [1.29, 1.82) is 0 Å². The van der Waals surface area contributed by atoms with E-state index in [0.717, 1.165) is 18.5 Å². The Bertz CT molecular complexity index is 830. The summed E-state index contributed by atoms with van der Waals surface area (Å²) in [5.41, 5.74) is 3.70. The standard InChI is InChI=1S/C16H18I2N6O3/c1-25-13-10(7-11(17)8-12(13)18)9-19-23-14-20-15(22-16(21-14)26-2)24-3-5-27-6-4-24/h7-9H,3-6H2,1-2H3,(H,20,21,22,23)/b19-9+. The lowest BCUT2D eigenvalue weighted by Gasteiger charge is -2.26. The molecule has 2 heterocycles. The Morgan fingerprint density at radius 1 is 1.15 bits per heavy atom. The largest absolute Gasteiger partial charge is 0.495 e. The van der Waals surface area contributed by atoms with Crippen molar-refractivity contribution in [2.24, 2.45) is 5.10 Å². The zero-order chi connectivity index (χ0) is 19.2. The maximum absolute atomic E-state index is 5.46. The molecule has 3 rings (SSSR count). The molecule has 0 aliphatic carbocycles. The number of morpholine rings is 1. The molecule has 0 spiro atoms. The average molecular weight is 596 g/mol. The van der Waals surface area contributed by atoms with Gasteiger partial charge in [-0.3, -0.25) is 0 Å². The predicted octanol–water partition coefficient (Wildman–Crippen LogP) is 2.38. The first-order valence-corrected chi connectivity index (χ1v) is 10.2. The van der Waals surface area contributed by atoms with Gasteiger partial charge in [0.05, 0.1) is 37.2 Å². The van der Waals surface area contributed by atoms with E-state index in [-0.39, 0.29) is 6.01 Å².